The van der Waals surface area contributed by atoms with Gasteiger partial charge < -0.3 is 19.0 Å². The van der Waals surface area contributed by atoms with Gasteiger partial charge in [-0.1, -0.05) is 6.07 Å². The van der Waals surface area contributed by atoms with Crippen LogP contribution < -0.4 is 10.1 Å². The van der Waals surface area contributed by atoms with E-state index in [1.807, 2.05) is 48.0 Å². The molecule has 0 unspecified atom stereocenters. The van der Waals surface area contributed by atoms with E-state index in [9.17, 15) is 4.39 Å². The molecule has 0 bridgehead atoms. The van der Waals surface area contributed by atoms with E-state index >= 15 is 0 Å². The maximum absolute atomic E-state index is 13.4. The van der Waals surface area contributed by atoms with Gasteiger partial charge in [0.2, 0.25) is 0 Å². The zero-order valence-electron chi connectivity index (χ0n) is 17.9. The summed E-state index contributed by atoms with van der Waals surface area (Å²) in [6.45, 7) is 1.81. The number of oxazole rings is 1. The van der Waals surface area contributed by atoms with Crippen LogP contribution in [0.4, 0.5) is 15.8 Å². The lowest BCUT2D eigenvalue weighted by atomic mass is 10.1. The maximum Gasteiger partial charge on any atom is 0.191 e. The normalized spacial score (nSPS) is 11.1. The Morgan fingerprint density at radius 1 is 1.06 bits per heavy atom. The summed E-state index contributed by atoms with van der Waals surface area (Å²) in [6, 6.07) is 18.1. The van der Waals surface area contributed by atoms with Gasteiger partial charge in [-0.15, -0.1) is 0 Å². The van der Waals surface area contributed by atoms with Gasteiger partial charge in [0.25, 0.3) is 0 Å². The van der Waals surface area contributed by atoms with Crippen molar-refractivity contribution in [3.8, 4) is 28.5 Å². The van der Waals surface area contributed by atoms with Crippen LogP contribution >= 0.6 is 0 Å². The molecule has 0 atom stereocenters. The third-order valence-corrected chi connectivity index (χ3v) is 5.38. The fourth-order valence-electron chi connectivity index (χ4n) is 3.79. The van der Waals surface area contributed by atoms with Crippen LogP contribution in [0.5, 0.6) is 5.75 Å². The van der Waals surface area contributed by atoms with Crippen molar-refractivity contribution < 1.29 is 13.5 Å². The van der Waals surface area contributed by atoms with Crippen molar-refractivity contribution >= 4 is 22.4 Å². The van der Waals surface area contributed by atoms with Crippen molar-refractivity contribution in [1.82, 2.24) is 14.5 Å². The molecule has 0 saturated carbocycles. The predicted molar refractivity (Wildman–Crippen MR) is 123 cm³/mol. The molecule has 32 heavy (non-hydrogen) atoms. The number of methoxy groups -OCH3 is 1. The van der Waals surface area contributed by atoms with Crippen molar-refractivity contribution in [1.29, 1.82) is 0 Å². The molecule has 0 aliphatic carbocycles. The Kier molecular flexibility index (Phi) is 4.86. The molecule has 1 N–H and O–H groups in total. The molecule has 6 nitrogen and oxygen atoms in total. The van der Waals surface area contributed by atoms with E-state index in [4.69, 9.17) is 14.1 Å². The Balaban J connectivity index is 1.53. The monoisotopic (exact) mass is 428 g/mol. The molecule has 0 amide bonds. The topological polar surface area (TPSA) is 65.1 Å². The van der Waals surface area contributed by atoms with Gasteiger partial charge in [0.05, 0.1) is 30.1 Å². The first-order chi connectivity index (χ1) is 15.5. The first kappa shape index (κ1) is 19.8. The number of anilines is 2. The van der Waals surface area contributed by atoms with Gasteiger partial charge in [0.15, 0.2) is 11.7 Å². The Hall–Kier alpha value is -4.13. The van der Waals surface area contributed by atoms with Crippen LogP contribution in [0, 0.1) is 12.7 Å². The Bertz CT molecular complexity index is 1420. The van der Waals surface area contributed by atoms with E-state index < -0.39 is 0 Å². The van der Waals surface area contributed by atoms with E-state index in [0.717, 1.165) is 39.4 Å². The van der Waals surface area contributed by atoms with Crippen molar-refractivity contribution in [2.75, 3.05) is 12.4 Å². The molecular weight excluding hydrogens is 407 g/mol. The van der Waals surface area contributed by atoms with Crippen molar-refractivity contribution in [2.45, 2.75) is 6.92 Å². The molecule has 2 aromatic heterocycles. The molecule has 3 aromatic carbocycles. The number of nitrogens with zero attached hydrogens (tertiary/aromatic N) is 3. The Labute approximate surface area is 184 Å². The lowest BCUT2D eigenvalue weighted by Crippen LogP contribution is -1.94. The molecule has 5 rings (SSSR count). The minimum Gasteiger partial charge on any atom is -0.496 e. The zero-order chi connectivity index (χ0) is 22.2. The lowest BCUT2D eigenvalue weighted by molar-refractivity contribution is 0.414. The number of hydrogen-bond donors (Lipinski definition) is 1. The number of fused-ring (bicyclic) bond motifs is 1. The first-order valence-electron chi connectivity index (χ1n) is 10.1. The zero-order valence-corrected chi connectivity index (χ0v) is 17.9. The number of aromatic nitrogens is 3. The second-order valence-electron chi connectivity index (χ2n) is 7.46. The van der Waals surface area contributed by atoms with Gasteiger partial charge in [-0.2, -0.15) is 0 Å². The summed E-state index contributed by atoms with van der Waals surface area (Å²) in [4.78, 5) is 9.01. The highest BCUT2D eigenvalue weighted by Gasteiger charge is 2.15. The first-order valence-corrected chi connectivity index (χ1v) is 10.1. The summed E-state index contributed by atoms with van der Waals surface area (Å²) in [5.74, 6) is 2.42. The summed E-state index contributed by atoms with van der Waals surface area (Å²) < 4.78 is 26.6. The number of nitrogens with one attached hydrogen (secondary N) is 1. The number of ether oxygens (including phenoxy) is 1. The number of aryl methyl sites for hydroxylation is 2. The summed E-state index contributed by atoms with van der Waals surface area (Å²) in [6.07, 6.45) is 1.69. The van der Waals surface area contributed by atoms with Crippen LogP contribution in [-0.4, -0.2) is 21.6 Å². The molecule has 0 aliphatic rings. The molecule has 0 saturated heterocycles. The predicted octanol–water partition coefficient (Wildman–Crippen LogP) is 6.10. The van der Waals surface area contributed by atoms with Crippen molar-refractivity contribution in [3.63, 3.8) is 0 Å². The largest absolute Gasteiger partial charge is 0.496 e. The van der Waals surface area contributed by atoms with Gasteiger partial charge in [-0.05, 0) is 48.5 Å². The molecule has 160 valence electrons. The SMILES string of the molecule is COc1cc(Nc2cccc3c2nc(-c2ccc(F)cc2)n3C)ccc1-c1cnc(C)o1. The quantitative estimate of drug-likeness (QED) is 0.367. The van der Waals surface area contributed by atoms with Gasteiger partial charge in [-0.25, -0.2) is 14.4 Å². The average molecular weight is 428 g/mol. The second kappa shape index (κ2) is 7.85. The summed E-state index contributed by atoms with van der Waals surface area (Å²) in [5, 5.41) is 3.44. The van der Waals surface area contributed by atoms with Gasteiger partial charge >= 0.3 is 0 Å². The number of benzene rings is 3. The standard InChI is InChI=1S/C25H21FN4O2/c1-15-27-14-23(32-15)19-12-11-18(13-22(19)31-3)28-20-5-4-6-21-24(20)29-25(30(21)2)16-7-9-17(26)10-8-16/h4-14,28H,1-3H3. The molecule has 7 heteroatoms. The minimum atomic E-state index is -0.271. The molecular formula is C25H21FN4O2. The summed E-state index contributed by atoms with van der Waals surface area (Å²) in [7, 11) is 3.58. The second-order valence-corrected chi connectivity index (χ2v) is 7.46. The third-order valence-electron chi connectivity index (χ3n) is 5.38. The van der Waals surface area contributed by atoms with Crippen LogP contribution in [0.3, 0.4) is 0 Å². The lowest BCUT2D eigenvalue weighted by Gasteiger charge is -2.11. The van der Waals surface area contributed by atoms with Crippen LogP contribution in [-0.2, 0) is 7.05 Å². The summed E-state index contributed by atoms with van der Waals surface area (Å²) >= 11 is 0. The van der Waals surface area contributed by atoms with Crippen LogP contribution in [0.2, 0.25) is 0 Å². The van der Waals surface area contributed by atoms with Gasteiger partial charge in [-0.3, -0.25) is 0 Å². The molecule has 0 radical (unpaired) electrons. The minimum absolute atomic E-state index is 0.271. The van der Waals surface area contributed by atoms with Crippen LogP contribution in [0.15, 0.2) is 71.3 Å². The van der Waals surface area contributed by atoms with Crippen LogP contribution in [0.1, 0.15) is 5.89 Å². The average Bonchev–Trinajstić information content (AvgIpc) is 3.38. The van der Waals surface area contributed by atoms with E-state index in [-0.39, 0.29) is 5.82 Å². The highest BCUT2D eigenvalue weighted by Crippen LogP contribution is 2.35. The van der Waals surface area contributed by atoms with E-state index in [1.165, 1.54) is 12.1 Å². The van der Waals surface area contributed by atoms with Crippen LogP contribution in [0.25, 0.3) is 33.7 Å². The van der Waals surface area contributed by atoms with E-state index in [0.29, 0.717) is 17.4 Å². The van der Waals surface area contributed by atoms with E-state index in [2.05, 4.69) is 10.3 Å². The number of halogens is 1. The smallest absolute Gasteiger partial charge is 0.191 e. The highest BCUT2D eigenvalue weighted by atomic mass is 19.1. The third kappa shape index (κ3) is 3.47. The number of imidazole rings is 1. The molecule has 5 aromatic rings. The van der Waals surface area contributed by atoms with Crippen molar-refractivity contribution in [2.24, 2.45) is 7.05 Å². The highest BCUT2D eigenvalue weighted by molar-refractivity contribution is 5.93. The van der Waals surface area contributed by atoms with E-state index in [1.54, 1.807) is 32.4 Å². The number of rotatable bonds is 5. The molecule has 0 aliphatic heterocycles. The maximum atomic E-state index is 13.4. The fourth-order valence-corrected chi connectivity index (χ4v) is 3.79. The molecule has 2 heterocycles. The van der Waals surface area contributed by atoms with Gasteiger partial charge in [0, 0.05) is 31.3 Å². The summed E-state index contributed by atoms with van der Waals surface area (Å²) in [5.41, 5.74) is 5.18. The Morgan fingerprint density at radius 3 is 2.59 bits per heavy atom. The number of para-hydroxylation sites is 1. The molecule has 0 spiro atoms. The number of hydrogen-bond acceptors (Lipinski definition) is 5. The Morgan fingerprint density at radius 2 is 1.88 bits per heavy atom. The molecule has 0 fully saturated rings. The van der Waals surface area contributed by atoms with Crippen molar-refractivity contribution in [3.05, 3.63) is 78.6 Å². The van der Waals surface area contributed by atoms with Gasteiger partial charge in [0.1, 0.15) is 22.9 Å². The fraction of sp³-hybridized carbons (Fsp3) is 0.120.